The summed E-state index contributed by atoms with van der Waals surface area (Å²) in [7, 11) is 2.18. The van der Waals surface area contributed by atoms with Crippen LogP contribution in [0.3, 0.4) is 0 Å². The van der Waals surface area contributed by atoms with Crippen molar-refractivity contribution in [2.24, 2.45) is 5.73 Å². The number of para-hydroxylation sites is 1. The zero-order valence-corrected chi connectivity index (χ0v) is 14.3. The summed E-state index contributed by atoms with van der Waals surface area (Å²) in [6.45, 7) is 10.6. The Morgan fingerprint density at radius 3 is 2.55 bits per heavy atom. The van der Waals surface area contributed by atoms with Gasteiger partial charge in [-0.05, 0) is 31.0 Å². The summed E-state index contributed by atoms with van der Waals surface area (Å²) >= 11 is 0. The van der Waals surface area contributed by atoms with E-state index in [4.69, 9.17) is 10.5 Å². The van der Waals surface area contributed by atoms with Crippen LogP contribution < -0.4 is 10.5 Å². The van der Waals surface area contributed by atoms with Crippen molar-refractivity contribution in [2.45, 2.75) is 32.2 Å². The van der Waals surface area contributed by atoms with Crippen molar-refractivity contribution in [1.29, 1.82) is 0 Å². The molecule has 2 rings (SSSR count). The van der Waals surface area contributed by atoms with Crippen molar-refractivity contribution < 1.29 is 4.74 Å². The van der Waals surface area contributed by atoms with Gasteiger partial charge >= 0.3 is 0 Å². The van der Waals surface area contributed by atoms with Gasteiger partial charge in [0, 0.05) is 38.8 Å². The zero-order chi connectivity index (χ0) is 15.9. The highest BCUT2D eigenvalue weighted by atomic mass is 16.5. The van der Waals surface area contributed by atoms with Gasteiger partial charge in [-0.25, -0.2) is 0 Å². The van der Waals surface area contributed by atoms with Gasteiger partial charge in [-0.1, -0.05) is 32.0 Å². The van der Waals surface area contributed by atoms with Crippen LogP contribution in [0.4, 0.5) is 0 Å². The van der Waals surface area contributed by atoms with E-state index in [1.54, 1.807) is 0 Å². The molecule has 1 heterocycles. The highest BCUT2D eigenvalue weighted by molar-refractivity contribution is 5.36. The van der Waals surface area contributed by atoms with Crippen LogP contribution in [-0.2, 0) is 0 Å². The smallest absolute Gasteiger partial charge is 0.122 e. The first-order valence-electron chi connectivity index (χ1n) is 8.50. The van der Waals surface area contributed by atoms with Gasteiger partial charge in [0.2, 0.25) is 0 Å². The summed E-state index contributed by atoms with van der Waals surface area (Å²) in [4.78, 5) is 4.85. The molecule has 1 aromatic carbocycles. The normalized spacial score (nSPS) is 19.8. The van der Waals surface area contributed by atoms with Crippen LogP contribution in [0.2, 0.25) is 0 Å². The maximum Gasteiger partial charge on any atom is 0.122 e. The Bertz CT molecular complexity index is 444. The average molecular weight is 305 g/mol. The molecule has 4 heteroatoms. The Hall–Kier alpha value is -1.10. The number of likely N-dealkylation sites (N-methyl/N-ethyl adjacent to an activating group) is 1. The van der Waals surface area contributed by atoms with Crippen molar-refractivity contribution in [3.63, 3.8) is 0 Å². The molecule has 0 amide bonds. The SMILES string of the molecule is CCC(N)C(C)c1ccccc1OCCN1CCN(C)CC1. The summed E-state index contributed by atoms with van der Waals surface area (Å²) < 4.78 is 6.07. The van der Waals surface area contributed by atoms with Gasteiger partial charge in [-0.15, -0.1) is 0 Å². The average Bonchev–Trinajstić information content (AvgIpc) is 2.55. The molecule has 0 bridgehead atoms. The molecule has 0 saturated carbocycles. The van der Waals surface area contributed by atoms with E-state index in [0.29, 0.717) is 5.92 Å². The van der Waals surface area contributed by atoms with E-state index in [9.17, 15) is 0 Å². The second-order valence-electron chi connectivity index (χ2n) is 6.39. The van der Waals surface area contributed by atoms with Crippen molar-refractivity contribution in [3.05, 3.63) is 29.8 Å². The Kier molecular flexibility index (Phi) is 6.68. The van der Waals surface area contributed by atoms with E-state index in [-0.39, 0.29) is 6.04 Å². The lowest BCUT2D eigenvalue weighted by Gasteiger charge is -2.32. The zero-order valence-electron chi connectivity index (χ0n) is 14.3. The number of nitrogens with two attached hydrogens (primary N) is 1. The van der Waals surface area contributed by atoms with Gasteiger partial charge in [-0.2, -0.15) is 0 Å². The Morgan fingerprint density at radius 1 is 1.18 bits per heavy atom. The first kappa shape index (κ1) is 17.3. The molecule has 4 nitrogen and oxygen atoms in total. The Balaban J connectivity index is 1.87. The number of benzene rings is 1. The molecule has 22 heavy (non-hydrogen) atoms. The molecule has 0 aromatic heterocycles. The van der Waals surface area contributed by atoms with Crippen molar-refractivity contribution in [2.75, 3.05) is 46.4 Å². The minimum atomic E-state index is 0.183. The molecule has 0 spiro atoms. The van der Waals surface area contributed by atoms with Crippen LogP contribution in [0.5, 0.6) is 5.75 Å². The fraction of sp³-hybridized carbons (Fsp3) is 0.667. The van der Waals surface area contributed by atoms with Gasteiger partial charge in [0.15, 0.2) is 0 Å². The van der Waals surface area contributed by atoms with Gasteiger partial charge in [-0.3, -0.25) is 4.90 Å². The van der Waals surface area contributed by atoms with Crippen LogP contribution in [0.1, 0.15) is 31.7 Å². The van der Waals surface area contributed by atoms with Crippen LogP contribution in [-0.4, -0.2) is 62.2 Å². The molecule has 124 valence electrons. The fourth-order valence-corrected chi connectivity index (χ4v) is 2.93. The van der Waals surface area contributed by atoms with E-state index in [1.807, 2.05) is 6.07 Å². The summed E-state index contributed by atoms with van der Waals surface area (Å²) in [5.41, 5.74) is 7.44. The molecule has 1 saturated heterocycles. The summed E-state index contributed by atoms with van der Waals surface area (Å²) in [5, 5.41) is 0. The van der Waals surface area contributed by atoms with Gasteiger partial charge in [0.25, 0.3) is 0 Å². The van der Waals surface area contributed by atoms with Crippen LogP contribution in [0.25, 0.3) is 0 Å². The van der Waals surface area contributed by atoms with E-state index >= 15 is 0 Å². The molecule has 2 unspecified atom stereocenters. The molecule has 1 aliphatic heterocycles. The van der Waals surface area contributed by atoms with Gasteiger partial charge in [0.05, 0.1) is 0 Å². The lowest BCUT2D eigenvalue weighted by Crippen LogP contribution is -2.45. The van der Waals surface area contributed by atoms with Gasteiger partial charge < -0.3 is 15.4 Å². The lowest BCUT2D eigenvalue weighted by atomic mass is 9.92. The maximum absolute atomic E-state index is 6.21. The molecule has 1 aliphatic rings. The van der Waals surface area contributed by atoms with E-state index in [0.717, 1.165) is 51.5 Å². The molecule has 2 atom stereocenters. The molecule has 1 fully saturated rings. The largest absolute Gasteiger partial charge is 0.492 e. The molecular formula is C18H31N3O. The van der Waals surface area contributed by atoms with Crippen molar-refractivity contribution in [3.8, 4) is 5.75 Å². The van der Waals surface area contributed by atoms with Crippen LogP contribution >= 0.6 is 0 Å². The van der Waals surface area contributed by atoms with E-state index in [2.05, 4.69) is 48.9 Å². The monoisotopic (exact) mass is 305 g/mol. The molecular weight excluding hydrogens is 274 g/mol. The number of nitrogens with zero attached hydrogens (tertiary/aromatic N) is 2. The number of rotatable bonds is 7. The number of ether oxygens (including phenoxy) is 1. The third-order valence-corrected chi connectivity index (χ3v) is 4.78. The third-order valence-electron chi connectivity index (χ3n) is 4.78. The minimum absolute atomic E-state index is 0.183. The second kappa shape index (κ2) is 8.51. The minimum Gasteiger partial charge on any atom is -0.492 e. The Labute approximate surface area is 135 Å². The summed E-state index contributed by atoms with van der Waals surface area (Å²) in [5.74, 6) is 1.32. The van der Waals surface area contributed by atoms with E-state index < -0.39 is 0 Å². The second-order valence-corrected chi connectivity index (χ2v) is 6.39. The quantitative estimate of drug-likeness (QED) is 0.838. The highest BCUT2D eigenvalue weighted by Gasteiger charge is 2.18. The van der Waals surface area contributed by atoms with Crippen molar-refractivity contribution >= 4 is 0 Å². The van der Waals surface area contributed by atoms with Crippen molar-refractivity contribution in [1.82, 2.24) is 9.80 Å². The molecule has 0 radical (unpaired) electrons. The standard InChI is InChI=1S/C18H31N3O/c1-4-17(19)15(2)16-7-5-6-8-18(16)22-14-13-21-11-9-20(3)10-12-21/h5-8,15,17H,4,9-14,19H2,1-3H3. The predicted molar refractivity (Wildman–Crippen MR) is 92.6 cm³/mol. The first-order chi connectivity index (χ1) is 10.6. The fourth-order valence-electron chi connectivity index (χ4n) is 2.93. The topological polar surface area (TPSA) is 41.7 Å². The number of piperazine rings is 1. The number of hydrogen-bond acceptors (Lipinski definition) is 4. The molecule has 2 N–H and O–H groups in total. The van der Waals surface area contributed by atoms with Gasteiger partial charge in [0.1, 0.15) is 12.4 Å². The molecule has 0 aliphatic carbocycles. The number of hydrogen-bond donors (Lipinski definition) is 1. The highest BCUT2D eigenvalue weighted by Crippen LogP contribution is 2.29. The first-order valence-corrected chi connectivity index (χ1v) is 8.50. The summed E-state index contributed by atoms with van der Waals surface area (Å²) in [6.07, 6.45) is 0.983. The maximum atomic E-state index is 6.21. The molecule has 1 aromatic rings. The van der Waals surface area contributed by atoms with E-state index in [1.165, 1.54) is 5.56 Å². The summed E-state index contributed by atoms with van der Waals surface area (Å²) in [6, 6.07) is 8.51. The Morgan fingerprint density at radius 2 is 1.86 bits per heavy atom. The lowest BCUT2D eigenvalue weighted by molar-refractivity contribution is 0.133. The predicted octanol–water partition coefficient (Wildman–Crippen LogP) is 2.15. The van der Waals surface area contributed by atoms with Crippen LogP contribution in [0.15, 0.2) is 24.3 Å². The van der Waals surface area contributed by atoms with Crippen LogP contribution in [0, 0.1) is 0 Å². The third kappa shape index (κ3) is 4.70.